The van der Waals surface area contributed by atoms with Gasteiger partial charge in [0.2, 0.25) is 23.6 Å². The zero-order valence-electron chi connectivity index (χ0n) is 17.8. The third kappa shape index (κ3) is 4.30. The molecule has 3 atom stereocenters. The van der Waals surface area contributed by atoms with Crippen LogP contribution in [0.5, 0.6) is 0 Å². The number of likely N-dealkylation sites (N-methyl/N-ethyl adjacent to an activating group) is 1. The maximum Gasteiger partial charge on any atom is 0.242 e. The van der Waals surface area contributed by atoms with Gasteiger partial charge in [0.05, 0.1) is 11.8 Å². The minimum absolute atomic E-state index is 0.00242. The van der Waals surface area contributed by atoms with Crippen molar-refractivity contribution in [2.45, 2.75) is 45.7 Å². The van der Waals surface area contributed by atoms with Gasteiger partial charge in [-0.2, -0.15) is 0 Å². The topological polar surface area (TPSA) is 86.8 Å². The first-order valence-corrected chi connectivity index (χ1v) is 10.4. The van der Waals surface area contributed by atoms with E-state index in [1.165, 1.54) is 16.8 Å². The maximum atomic E-state index is 13.1. The van der Waals surface area contributed by atoms with Crippen LogP contribution in [0.3, 0.4) is 0 Å². The molecule has 160 valence electrons. The Bertz CT molecular complexity index is 853. The molecule has 0 saturated carbocycles. The van der Waals surface area contributed by atoms with Crippen LogP contribution < -0.4 is 5.32 Å². The molecule has 2 aliphatic rings. The molecule has 0 aromatic heterocycles. The SMILES string of the molecule is CNC(=O)[C@H](C)N(Cc1ccccc1C)C(=O)CCN1C(=O)[C@H]2CC=CC[C@H]2C1=O. The third-order valence-electron chi connectivity index (χ3n) is 6.16. The lowest BCUT2D eigenvalue weighted by molar-refractivity contribution is -0.143. The van der Waals surface area contributed by atoms with Gasteiger partial charge < -0.3 is 10.2 Å². The lowest BCUT2D eigenvalue weighted by Gasteiger charge is -2.29. The van der Waals surface area contributed by atoms with Crippen molar-refractivity contribution in [2.75, 3.05) is 13.6 Å². The predicted octanol–water partition coefficient (Wildman–Crippen LogP) is 1.80. The monoisotopic (exact) mass is 411 g/mol. The van der Waals surface area contributed by atoms with Gasteiger partial charge in [0.25, 0.3) is 0 Å². The van der Waals surface area contributed by atoms with E-state index in [2.05, 4.69) is 5.32 Å². The smallest absolute Gasteiger partial charge is 0.242 e. The van der Waals surface area contributed by atoms with E-state index in [1.54, 1.807) is 6.92 Å². The molecule has 1 heterocycles. The summed E-state index contributed by atoms with van der Waals surface area (Å²) in [6.45, 7) is 3.98. The third-order valence-corrected chi connectivity index (χ3v) is 6.16. The number of rotatable bonds is 7. The summed E-state index contributed by atoms with van der Waals surface area (Å²) in [5.41, 5.74) is 1.98. The molecule has 1 aliphatic carbocycles. The van der Waals surface area contributed by atoms with E-state index in [0.29, 0.717) is 12.8 Å². The lowest BCUT2D eigenvalue weighted by Crippen LogP contribution is -2.47. The summed E-state index contributed by atoms with van der Waals surface area (Å²) in [5.74, 6) is -1.50. The zero-order valence-corrected chi connectivity index (χ0v) is 17.8. The Hall–Kier alpha value is -2.96. The number of likely N-dealkylation sites (tertiary alicyclic amines) is 1. The van der Waals surface area contributed by atoms with E-state index >= 15 is 0 Å². The van der Waals surface area contributed by atoms with Crippen LogP contribution in [0.4, 0.5) is 0 Å². The molecule has 7 nitrogen and oxygen atoms in total. The molecule has 0 radical (unpaired) electrons. The average Bonchev–Trinajstić information content (AvgIpc) is 3.00. The molecule has 4 amide bonds. The second kappa shape index (κ2) is 9.24. The predicted molar refractivity (Wildman–Crippen MR) is 112 cm³/mol. The van der Waals surface area contributed by atoms with Crippen LogP contribution in [0.25, 0.3) is 0 Å². The van der Waals surface area contributed by atoms with Crippen molar-refractivity contribution in [2.24, 2.45) is 11.8 Å². The summed E-state index contributed by atoms with van der Waals surface area (Å²) in [4.78, 5) is 53.4. The normalized spacial score (nSPS) is 21.4. The summed E-state index contributed by atoms with van der Waals surface area (Å²) in [7, 11) is 1.53. The number of nitrogens with zero attached hydrogens (tertiary/aromatic N) is 2. The van der Waals surface area contributed by atoms with Crippen LogP contribution in [-0.4, -0.2) is 53.1 Å². The van der Waals surface area contributed by atoms with Gasteiger partial charge in [0.15, 0.2) is 0 Å². The first kappa shape index (κ1) is 21.7. The van der Waals surface area contributed by atoms with Gasteiger partial charge in [-0.15, -0.1) is 0 Å². The molecule has 7 heteroatoms. The van der Waals surface area contributed by atoms with E-state index in [4.69, 9.17) is 0 Å². The van der Waals surface area contributed by atoms with Gasteiger partial charge in [-0.3, -0.25) is 24.1 Å². The van der Waals surface area contributed by atoms with Crippen molar-refractivity contribution in [1.82, 2.24) is 15.1 Å². The highest BCUT2D eigenvalue weighted by Gasteiger charge is 2.47. The number of hydrogen-bond donors (Lipinski definition) is 1. The van der Waals surface area contributed by atoms with Crippen molar-refractivity contribution in [3.63, 3.8) is 0 Å². The van der Waals surface area contributed by atoms with E-state index < -0.39 is 6.04 Å². The number of amides is 4. The summed E-state index contributed by atoms with van der Waals surface area (Å²) in [6, 6.07) is 7.04. The average molecular weight is 412 g/mol. The quantitative estimate of drug-likeness (QED) is 0.548. The molecule has 1 N–H and O–H groups in total. The van der Waals surface area contributed by atoms with Crippen molar-refractivity contribution in [3.05, 3.63) is 47.5 Å². The highest BCUT2D eigenvalue weighted by Crippen LogP contribution is 2.35. The largest absolute Gasteiger partial charge is 0.357 e. The van der Waals surface area contributed by atoms with E-state index in [0.717, 1.165) is 11.1 Å². The number of carbonyl (C=O) groups is 4. The molecule has 0 bridgehead atoms. The fourth-order valence-electron chi connectivity index (χ4n) is 4.20. The van der Waals surface area contributed by atoms with E-state index in [-0.39, 0.29) is 55.0 Å². The Balaban J connectivity index is 1.71. The van der Waals surface area contributed by atoms with Gasteiger partial charge in [0.1, 0.15) is 6.04 Å². The number of benzene rings is 1. The van der Waals surface area contributed by atoms with E-state index in [1.807, 2.05) is 43.3 Å². The Morgan fingerprint density at radius 1 is 1.13 bits per heavy atom. The van der Waals surface area contributed by atoms with Gasteiger partial charge in [0, 0.05) is 26.6 Å². The zero-order chi connectivity index (χ0) is 21.8. The molecular formula is C23H29N3O4. The molecule has 0 spiro atoms. The first-order chi connectivity index (χ1) is 14.3. The highest BCUT2D eigenvalue weighted by atomic mass is 16.2. The summed E-state index contributed by atoms with van der Waals surface area (Å²) < 4.78 is 0. The molecule has 1 aliphatic heterocycles. The van der Waals surface area contributed by atoms with Crippen LogP contribution in [0, 0.1) is 18.8 Å². The number of allylic oxidation sites excluding steroid dienone is 2. The fourth-order valence-corrected chi connectivity index (χ4v) is 4.20. The number of hydrogen-bond acceptors (Lipinski definition) is 4. The van der Waals surface area contributed by atoms with E-state index in [9.17, 15) is 19.2 Å². The van der Waals surface area contributed by atoms with Gasteiger partial charge in [-0.05, 0) is 37.8 Å². The summed E-state index contributed by atoms with van der Waals surface area (Å²) >= 11 is 0. The molecule has 1 fully saturated rings. The second-order valence-electron chi connectivity index (χ2n) is 7.97. The number of nitrogens with one attached hydrogen (secondary N) is 1. The maximum absolute atomic E-state index is 13.1. The van der Waals surface area contributed by atoms with Crippen LogP contribution in [-0.2, 0) is 25.7 Å². The fraction of sp³-hybridized carbons (Fsp3) is 0.478. The number of carbonyl (C=O) groups excluding carboxylic acids is 4. The van der Waals surface area contributed by atoms with Gasteiger partial charge >= 0.3 is 0 Å². The highest BCUT2D eigenvalue weighted by molar-refractivity contribution is 6.05. The Morgan fingerprint density at radius 3 is 2.30 bits per heavy atom. The summed E-state index contributed by atoms with van der Waals surface area (Å²) in [6.07, 6.45) is 5.03. The lowest BCUT2D eigenvalue weighted by atomic mass is 9.85. The molecule has 1 aromatic rings. The molecule has 1 saturated heterocycles. The minimum atomic E-state index is -0.668. The molecule has 3 rings (SSSR count). The Kier molecular flexibility index (Phi) is 6.70. The molecular weight excluding hydrogens is 382 g/mol. The Labute approximate surface area is 177 Å². The molecule has 30 heavy (non-hydrogen) atoms. The van der Waals surface area contributed by atoms with Crippen LogP contribution in [0.15, 0.2) is 36.4 Å². The van der Waals surface area contributed by atoms with Crippen LogP contribution in [0.1, 0.15) is 37.3 Å². The van der Waals surface area contributed by atoms with Crippen LogP contribution >= 0.6 is 0 Å². The number of imide groups is 1. The van der Waals surface area contributed by atoms with Crippen molar-refractivity contribution >= 4 is 23.6 Å². The number of aryl methyl sites for hydroxylation is 1. The molecule has 0 unspecified atom stereocenters. The molecule has 1 aromatic carbocycles. The van der Waals surface area contributed by atoms with Gasteiger partial charge in [-0.25, -0.2) is 0 Å². The summed E-state index contributed by atoms with van der Waals surface area (Å²) in [5, 5.41) is 2.59. The van der Waals surface area contributed by atoms with Gasteiger partial charge in [-0.1, -0.05) is 36.4 Å². The van der Waals surface area contributed by atoms with Crippen molar-refractivity contribution < 1.29 is 19.2 Å². The van der Waals surface area contributed by atoms with Crippen LogP contribution in [0.2, 0.25) is 0 Å². The van der Waals surface area contributed by atoms with Crippen molar-refractivity contribution in [3.8, 4) is 0 Å². The first-order valence-electron chi connectivity index (χ1n) is 10.4. The standard InChI is InChI=1S/C23H29N3O4/c1-15-8-4-5-9-17(15)14-26(16(2)21(28)24-3)20(27)12-13-25-22(29)18-10-6-7-11-19(18)23(25)30/h4-9,16,18-19H,10-14H2,1-3H3,(H,24,28)/t16-,18-,19+/m0/s1. The minimum Gasteiger partial charge on any atom is -0.357 e. The van der Waals surface area contributed by atoms with Crippen molar-refractivity contribution in [1.29, 1.82) is 0 Å². The second-order valence-corrected chi connectivity index (χ2v) is 7.97. The number of fused-ring (bicyclic) bond motifs is 1. The Morgan fingerprint density at radius 2 is 1.73 bits per heavy atom.